The molecule has 0 radical (unpaired) electrons. The number of aromatic nitrogens is 1. The fraction of sp³-hybridized carbons (Fsp3) is 0.174. The molecule has 3 rings (SSSR count). The third-order valence-corrected chi connectivity index (χ3v) is 4.86. The molecule has 9 heteroatoms. The van der Waals surface area contributed by atoms with Gasteiger partial charge < -0.3 is 21.6 Å². The van der Waals surface area contributed by atoms with Gasteiger partial charge in [0.25, 0.3) is 5.91 Å². The molecule has 0 spiro atoms. The minimum Gasteiger partial charge on any atom is -0.387 e. The number of nitrogen functional groups attached to an aromatic ring is 1. The molecule has 1 atom stereocenters. The first kappa shape index (κ1) is 23.0. The van der Waals surface area contributed by atoms with Gasteiger partial charge in [-0.05, 0) is 61.9 Å². The molecule has 6 nitrogen and oxygen atoms in total. The number of anilines is 2. The van der Waals surface area contributed by atoms with E-state index in [1.165, 1.54) is 19.1 Å². The molecule has 1 aromatic heterocycles. The Hall–Kier alpha value is -3.72. The number of nitrogens with zero attached hydrogens (tertiary/aromatic N) is 1. The average Bonchev–Trinajstić information content (AvgIpc) is 2.74. The molecule has 0 saturated carbocycles. The summed E-state index contributed by atoms with van der Waals surface area (Å²) in [5, 5.41) is 20.1. The summed E-state index contributed by atoms with van der Waals surface area (Å²) >= 11 is 0. The lowest BCUT2D eigenvalue weighted by Gasteiger charge is -2.13. The van der Waals surface area contributed by atoms with Crippen LogP contribution in [0.3, 0.4) is 0 Å². The van der Waals surface area contributed by atoms with Gasteiger partial charge in [-0.25, -0.2) is 4.98 Å². The number of rotatable bonds is 5. The molecule has 2 aromatic carbocycles. The lowest BCUT2D eigenvalue weighted by Crippen LogP contribution is -2.18. The van der Waals surface area contributed by atoms with Crippen LogP contribution in [0.15, 0.2) is 54.6 Å². The number of nitrogens with two attached hydrogens (primary N) is 1. The van der Waals surface area contributed by atoms with Gasteiger partial charge in [-0.1, -0.05) is 12.1 Å². The largest absolute Gasteiger partial charge is 0.416 e. The molecule has 1 heterocycles. The molecule has 32 heavy (non-hydrogen) atoms. The molecule has 5 N–H and O–H groups in total. The van der Waals surface area contributed by atoms with Gasteiger partial charge >= 0.3 is 6.18 Å². The molecule has 1 amide bonds. The first-order valence-electron chi connectivity index (χ1n) is 9.60. The van der Waals surface area contributed by atoms with E-state index in [9.17, 15) is 23.1 Å². The van der Waals surface area contributed by atoms with E-state index < -0.39 is 23.8 Å². The Morgan fingerprint density at radius 3 is 2.50 bits per heavy atom. The third kappa shape index (κ3) is 4.94. The van der Waals surface area contributed by atoms with Crippen LogP contribution in [0.2, 0.25) is 0 Å². The number of aryl methyl sites for hydroxylation is 1. The second-order valence-corrected chi connectivity index (χ2v) is 7.28. The topological polar surface area (TPSA) is 112 Å². The zero-order valence-electron chi connectivity index (χ0n) is 17.3. The minimum absolute atomic E-state index is 0.0552. The number of carbonyl (C=O) groups excluding carboxylic acids is 1. The summed E-state index contributed by atoms with van der Waals surface area (Å²) in [5.74, 6) is -0.606. The number of hydrogen-bond acceptors (Lipinski definition) is 5. The number of halogens is 3. The van der Waals surface area contributed by atoms with E-state index in [2.05, 4.69) is 10.3 Å². The molecule has 0 aliphatic rings. The van der Waals surface area contributed by atoms with Crippen molar-refractivity contribution in [1.82, 2.24) is 4.98 Å². The number of alkyl halides is 3. The van der Waals surface area contributed by atoms with Crippen molar-refractivity contribution in [1.29, 1.82) is 5.41 Å². The molecule has 0 aliphatic heterocycles. The molecule has 0 unspecified atom stereocenters. The molecule has 3 aromatic rings. The molecule has 166 valence electrons. The first-order chi connectivity index (χ1) is 15.0. The van der Waals surface area contributed by atoms with Crippen molar-refractivity contribution in [2.75, 3.05) is 11.1 Å². The van der Waals surface area contributed by atoms with Gasteiger partial charge in [0.15, 0.2) is 0 Å². The zero-order chi connectivity index (χ0) is 23.6. The van der Waals surface area contributed by atoms with Gasteiger partial charge in [0.2, 0.25) is 0 Å². The normalized spacial score (nSPS) is 12.3. The van der Waals surface area contributed by atoms with E-state index >= 15 is 0 Å². The van der Waals surface area contributed by atoms with Gasteiger partial charge in [-0.3, -0.25) is 4.79 Å². The Morgan fingerprint density at radius 2 is 1.88 bits per heavy atom. The van der Waals surface area contributed by atoms with Crippen LogP contribution >= 0.6 is 0 Å². The van der Waals surface area contributed by atoms with Gasteiger partial charge in [-0.2, -0.15) is 13.2 Å². The minimum atomic E-state index is -4.55. The smallest absolute Gasteiger partial charge is 0.387 e. The number of nitrogens with one attached hydrogen (secondary N) is 2. The molecule has 0 saturated heterocycles. The van der Waals surface area contributed by atoms with E-state index in [1.54, 1.807) is 30.3 Å². The van der Waals surface area contributed by atoms with E-state index in [-0.39, 0.29) is 17.1 Å². The molecular formula is C23H21F3N4O2. The third-order valence-electron chi connectivity index (χ3n) is 4.86. The van der Waals surface area contributed by atoms with Crippen LogP contribution in [0, 0.1) is 12.3 Å². The fourth-order valence-corrected chi connectivity index (χ4v) is 3.09. The van der Waals surface area contributed by atoms with Gasteiger partial charge in [0.1, 0.15) is 5.82 Å². The lowest BCUT2D eigenvalue weighted by molar-refractivity contribution is -0.137. The summed E-state index contributed by atoms with van der Waals surface area (Å²) in [6.07, 6.45) is -5.55. The maximum absolute atomic E-state index is 12.9. The first-order valence-corrected chi connectivity index (χ1v) is 9.60. The van der Waals surface area contributed by atoms with E-state index in [0.29, 0.717) is 22.5 Å². The van der Waals surface area contributed by atoms with Gasteiger partial charge in [0, 0.05) is 22.4 Å². The summed E-state index contributed by atoms with van der Waals surface area (Å²) in [7, 11) is 0. The standard InChI is InChI=1S/C23H21F3N4O2/c1-12-6-7-16(29-22(32)14-4-3-5-15(10-14)23(24,25)26)11-18(12)19-9-8-17(21(28)30-19)20(27)13(2)31/h3-11,13,27,31H,1-2H3,(H2,28,30)(H,29,32)/t13-/m0/s1. The van der Waals surface area contributed by atoms with Gasteiger partial charge in [0.05, 0.1) is 23.1 Å². The predicted octanol–water partition coefficient (Wildman–Crippen LogP) is 4.66. The SMILES string of the molecule is Cc1ccc(NC(=O)c2cccc(C(F)(F)F)c2)cc1-c1ccc(C(=N)[C@H](C)O)c(N)n1. The molecule has 0 aliphatic carbocycles. The maximum atomic E-state index is 12.9. The van der Waals surface area contributed by atoms with Crippen molar-refractivity contribution in [3.05, 3.63) is 76.9 Å². The number of aliphatic hydroxyl groups is 1. The number of aliphatic hydroxyl groups excluding tert-OH is 1. The van der Waals surface area contributed by atoms with Crippen molar-refractivity contribution >= 4 is 23.1 Å². The van der Waals surface area contributed by atoms with Crippen LogP contribution in [0.4, 0.5) is 24.7 Å². The zero-order valence-corrected chi connectivity index (χ0v) is 17.3. The summed E-state index contributed by atoms with van der Waals surface area (Å²) < 4.78 is 38.8. The quantitative estimate of drug-likeness (QED) is 0.431. The van der Waals surface area contributed by atoms with Crippen LogP contribution in [0.1, 0.15) is 34.0 Å². The van der Waals surface area contributed by atoms with Crippen LogP contribution in [-0.4, -0.2) is 27.8 Å². The number of carbonyl (C=O) groups is 1. The molecule has 0 fully saturated rings. The highest BCUT2D eigenvalue weighted by Gasteiger charge is 2.30. The number of hydrogen-bond donors (Lipinski definition) is 4. The van der Waals surface area contributed by atoms with Crippen LogP contribution in [-0.2, 0) is 6.18 Å². The van der Waals surface area contributed by atoms with Crippen molar-refractivity contribution in [2.24, 2.45) is 0 Å². The Balaban J connectivity index is 1.89. The predicted molar refractivity (Wildman–Crippen MR) is 117 cm³/mol. The molecule has 0 bridgehead atoms. The number of amides is 1. The summed E-state index contributed by atoms with van der Waals surface area (Å²) in [4.78, 5) is 16.8. The second kappa shape index (κ2) is 8.80. The van der Waals surface area contributed by atoms with Crippen molar-refractivity contribution in [2.45, 2.75) is 26.1 Å². The Labute approximate surface area is 182 Å². The monoisotopic (exact) mass is 442 g/mol. The van der Waals surface area contributed by atoms with Crippen molar-refractivity contribution in [3.63, 3.8) is 0 Å². The van der Waals surface area contributed by atoms with Crippen molar-refractivity contribution < 1.29 is 23.1 Å². The van der Waals surface area contributed by atoms with Crippen LogP contribution < -0.4 is 11.1 Å². The Kier molecular flexibility index (Phi) is 6.31. The van der Waals surface area contributed by atoms with E-state index in [4.69, 9.17) is 11.1 Å². The van der Waals surface area contributed by atoms with Crippen LogP contribution in [0.5, 0.6) is 0 Å². The lowest BCUT2D eigenvalue weighted by atomic mass is 10.0. The Bertz CT molecular complexity index is 1190. The number of benzene rings is 2. The van der Waals surface area contributed by atoms with Crippen molar-refractivity contribution in [3.8, 4) is 11.3 Å². The fourth-order valence-electron chi connectivity index (χ4n) is 3.09. The highest BCUT2D eigenvalue weighted by atomic mass is 19.4. The number of pyridine rings is 1. The summed E-state index contributed by atoms with van der Waals surface area (Å²) in [5.41, 5.74) is 7.53. The second-order valence-electron chi connectivity index (χ2n) is 7.28. The van der Waals surface area contributed by atoms with Crippen LogP contribution in [0.25, 0.3) is 11.3 Å². The molecular weight excluding hydrogens is 421 g/mol. The van der Waals surface area contributed by atoms with Gasteiger partial charge in [-0.15, -0.1) is 0 Å². The summed E-state index contributed by atoms with van der Waals surface area (Å²) in [6, 6.07) is 12.4. The maximum Gasteiger partial charge on any atom is 0.416 e. The van der Waals surface area contributed by atoms with E-state index in [0.717, 1.165) is 17.7 Å². The van der Waals surface area contributed by atoms with E-state index in [1.807, 2.05) is 6.92 Å². The summed E-state index contributed by atoms with van der Waals surface area (Å²) in [6.45, 7) is 3.29. The highest BCUT2D eigenvalue weighted by molar-refractivity contribution is 6.05. The average molecular weight is 442 g/mol. The Morgan fingerprint density at radius 1 is 1.16 bits per heavy atom. The highest BCUT2D eigenvalue weighted by Crippen LogP contribution is 2.30.